The molecule has 0 aliphatic rings. The molecular weight excluding hydrogens is 248 g/mol. The van der Waals surface area contributed by atoms with Crippen molar-refractivity contribution in [2.24, 2.45) is 5.73 Å². The number of nitrogens with two attached hydrogens (primary N) is 1. The van der Waals surface area contributed by atoms with Gasteiger partial charge in [0.15, 0.2) is 11.5 Å². The van der Waals surface area contributed by atoms with Crippen molar-refractivity contribution in [2.45, 2.75) is 13.0 Å². The van der Waals surface area contributed by atoms with Crippen molar-refractivity contribution in [3.63, 3.8) is 0 Å². The summed E-state index contributed by atoms with van der Waals surface area (Å²) in [4.78, 5) is 5.10. The highest BCUT2D eigenvalue weighted by Gasteiger charge is 2.06. The van der Waals surface area contributed by atoms with Gasteiger partial charge in [0.05, 0.1) is 17.5 Å². The van der Waals surface area contributed by atoms with Gasteiger partial charge in [-0.15, -0.1) is 11.3 Å². The highest BCUT2D eigenvalue weighted by Crippen LogP contribution is 2.29. The molecule has 2 aromatic rings. The molecular formula is C13H16N2O2S. The normalized spacial score (nSPS) is 10.3. The van der Waals surface area contributed by atoms with Gasteiger partial charge in [-0.05, 0) is 30.7 Å². The van der Waals surface area contributed by atoms with Gasteiger partial charge >= 0.3 is 0 Å². The predicted octanol–water partition coefficient (Wildman–Crippen LogP) is 2.23. The third-order valence-corrected chi connectivity index (χ3v) is 3.27. The van der Waals surface area contributed by atoms with Crippen LogP contribution in [0.4, 0.5) is 0 Å². The van der Waals surface area contributed by atoms with Gasteiger partial charge in [-0.2, -0.15) is 0 Å². The van der Waals surface area contributed by atoms with Crippen LogP contribution in [0.1, 0.15) is 10.4 Å². The number of aromatic nitrogens is 1. The van der Waals surface area contributed by atoms with E-state index in [1.165, 1.54) is 0 Å². The molecule has 0 aliphatic carbocycles. The fraction of sp³-hybridized carbons (Fsp3) is 0.308. The van der Waals surface area contributed by atoms with Gasteiger partial charge in [0, 0.05) is 6.20 Å². The predicted molar refractivity (Wildman–Crippen MR) is 72.2 cm³/mol. The largest absolute Gasteiger partial charge is 0.493 e. The van der Waals surface area contributed by atoms with Gasteiger partial charge in [0.1, 0.15) is 6.61 Å². The molecule has 0 fully saturated rings. The molecule has 1 aromatic carbocycles. The standard InChI is InChI=1S/C13H16N2O2S/c1-16-13-6-10(4-5-14)2-3-12(13)17-8-11-7-15-9-18-11/h2-3,6-7,9H,4-5,8,14H2,1H3. The van der Waals surface area contributed by atoms with E-state index in [1.54, 1.807) is 30.2 Å². The van der Waals surface area contributed by atoms with E-state index < -0.39 is 0 Å². The van der Waals surface area contributed by atoms with Gasteiger partial charge in [0.25, 0.3) is 0 Å². The minimum atomic E-state index is 0.511. The van der Waals surface area contributed by atoms with Crippen LogP contribution >= 0.6 is 11.3 Å². The molecule has 0 saturated heterocycles. The molecule has 5 heteroatoms. The molecule has 18 heavy (non-hydrogen) atoms. The second-order valence-corrected chi connectivity index (χ2v) is 4.75. The summed E-state index contributed by atoms with van der Waals surface area (Å²) in [5, 5.41) is 0. The van der Waals surface area contributed by atoms with Crippen molar-refractivity contribution in [3.05, 3.63) is 40.3 Å². The first kappa shape index (κ1) is 12.9. The summed E-state index contributed by atoms with van der Waals surface area (Å²) in [6, 6.07) is 5.90. The highest BCUT2D eigenvalue weighted by molar-refractivity contribution is 7.09. The van der Waals surface area contributed by atoms with Crippen LogP contribution in [-0.2, 0) is 13.0 Å². The minimum absolute atomic E-state index is 0.511. The number of ether oxygens (including phenoxy) is 2. The lowest BCUT2D eigenvalue weighted by molar-refractivity contribution is 0.287. The van der Waals surface area contributed by atoms with Crippen molar-refractivity contribution >= 4 is 11.3 Å². The molecule has 0 atom stereocenters. The fourth-order valence-corrected chi connectivity index (χ4v) is 2.12. The summed E-state index contributed by atoms with van der Waals surface area (Å²) in [5.41, 5.74) is 8.48. The van der Waals surface area contributed by atoms with Crippen molar-refractivity contribution in [3.8, 4) is 11.5 Å². The Kier molecular flexibility index (Phi) is 4.55. The molecule has 2 rings (SSSR count). The Morgan fingerprint density at radius 1 is 1.33 bits per heavy atom. The molecule has 0 bridgehead atoms. The van der Waals surface area contributed by atoms with E-state index in [9.17, 15) is 0 Å². The molecule has 0 radical (unpaired) electrons. The first-order chi connectivity index (χ1) is 8.83. The molecule has 4 nitrogen and oxygen atoms in total. The maximum atomic E-state index is 5.72. The highest BCUT2D eigenvalue weighted by atomic mass is 32.1. The summed E-state index contributed by atoms with van der Waals surface area (Å²) in [6.45, 7) is 1.14. The minimum Gasteiger partial charge on any atom is -0.493 e. The van der Waals surface area contributed by atoms with E-state index in [-0.39, 0.29) is 0 Å². The third kappa shape index (κ3) is 3.21. The molecule has 0 spiro atoms. The van der Waals surface area contributed by atoms with E-state index >= 15 is 0 Å². The van der Waals surface area contributed by atoms with Gasteiger partial charge in [-0.3, -0.25) is 4.98 Å². The van der Waals surface area contributed by atoms with Crippen LogP contribution in [0, 0.1) is 0 Å². The maximum absolute atomic E-state index is 5.72. The van der Waals surface area contributed by atoms with Crippen LogP contribution in [0.3, 0.4) is 0 Å². The molecule has 96 valence electrons. The maximum Gasteiger partial charge on any atom is 0.161 e. The molecule has 1 heterocycles. The Balaban J connectivity index is 2.07. The first-order valence-corrected chi connectivity index (χ1v) is 6.58. The molecule has 1 aromatic heterocycles. The van der Waals surface area contributed by atoms with Crippen LogP contribution in [0.25, 0.3) is 0 Å². The third-order valence-electron chi connectivity index (χ3n) is 2.51. The van der Waals surface area contributed by atoms with Crippen LogP contribution in [0.5, 0.6) is 11.5 Å². The summed E-state index contributed by atoms with van der Waals surface area (Å²) in [7, 11) is 1.64. The van der Waals surface area contributed by atoms with Crippen LogP contribution in [0.15, 0.2) is 29.9 Å². The first-order valence-electron chi connectivity index (χ1n) is 5.70. The Morgan fingerprint density at radius 2 is 2.22 bits per heavy atom. The molecule has 0 unspecified atom stereocenters. The second-order valence-electron chi connectivity index (χ2n) is 3.78. The monoisotopic (exact) mass is 264 g/mol. The summed E-state index contributed by atoms with van der Waals surface area (Å²) >= 11 is 1.57. The zero-order valence-electron chi connectivity index (χ0n) is 10.3. The average molecular weight is 264 g/mol. The van der Waals surface area contributed by atoms with Gasteiger partial charge in [0.2, 0.25) is 0 Å². The Morgan fingerprint density at radius 3 is 2.89 bits per heavy atom. The quantitative estimate of drug-likeness (QED) is 0.869. The fourth-order valence-electron chi connectivity index (χ4n) is 1.62. The van der Waals surface area contributed by atoms with Gasteiger partial charge < -0.3 is 15.2 Å². The molecule has 0 amide bonds. The molecule has 2 N–H and O–H groups in total. The van der Waals surface area contributed by atoms with E-state index in [1.807, 2.05) is 18.2 Å². The van der Waals surface area contributed by atoms with Crippen molar-refractivity contribution in [2.75, 3.05) is 13.7 Å². The van der Waals surface area contributed by atoms with Crippen LogP contribution in [-0.4, -0.2) is 18.6 Å². The summed E-state index contributed by atoms with van der Waals surface area (Å²) < 4.78 is 11.0. The topological polar surface area (TPSA) is 57.4 Å². The van der Waals surface area contributed by atoms with Crippen LogP contribution < -0.4 is 15.2 Å². The Hall–Kier alpha value is -1.59. The lowest BCUT2D eigenvalue weighted by Gasteiger charge is -2.11. The number of nitrogens with zero attached hydrogens (tertiary/aromatic N) is 1. The smallest absolute Gasteiger partial charge is 0.161 e. The Labute approximate surface area is 110 Å². The number of hydrogen-bond donors (Lipinski definition) is 1. The lowest BCUT2D eigenvalue weighted by atomic mass is 10.1. The lowest BCUT2D eigenvalue weighted by Crippen LogP contribution is -2.03. The zero-order chi connectivity index (χ0) is 12.8. The SMILES string of the molecule is COc1cc(CCN)ccc1OCc1cncs1. The van der Waals surface area contributed by atoms with Crippen molar-refractivity contribution < 1.29 is 9.47 Å². The second kappa shape index (κ2) is 6.37. The van der Waals surface area contributed by atoms with E-state index in [2.05, 4.69) is 4.98 Å². The zero-order valence-corrected chi connectivity index (χ0v) is 11.1. The number of benzene rings is 1. The van der Waals surface area contributed by atoms with Crippen molar-refractivity contribution in [1.29, 1.82) is 0 Å². The number of methoxy groups -OCH3 is 1. The van der Waals surface area contributed by atoms with Gasteiger partial charge in [-0.1, -0.05) is 6.07 Å². The molecule has 0 saturated carbocycles. The summed E-state index contributed by atoms with van der Waals surface area (Å²) in [5.74, 6) is 1.48. The Bertz CT molecular complexity index is 486. The van der Waals surface area contributed by atoms with Gasteiger partial charge in [-0.25, -0.2) is 0 Å². The number of thiazole rings is 1. The van der Waals surface area contributed by atoms with E-state index in [4.69, 9.17) is 15.2 Å². The van der Waals surface area contributed by atoms with E-state index in [0.29, 0.717) is 13.2 Å². The van der Waals surface area contributed by atoms with Crippen LogP contribution in [0.2, 0.25) is 0 Å². The van der Waals surface area contributed by atoms with Crippen molar-refractivity contribution in [1.82, 2.24) is 4.98 Å². The summed E-state index contributed by atoms with van der Waals surface area (Å²) in [6.07, 6.45) is 2.64. The van der Waals surface area contributed by atoms with E-state index in [0.717, 1.165) is 28.4 Å². The number of rotatable bonds is 6. The number of hydrogen-bond acceptors (Lipinski definition) is 5. The average Bonchev–Trinajstić information content (AvgIpc) is 2.90. The molecule has 0 aliphatic heterocycles.